The molecule has 0 amide bonds. The Morgan fingerprint density at radius 3 is 1.33 bits per heavy atom. The minimum atomic E-state index is -4.48. The van der Waals surface area contributed by atoms with Crippen molar-refractivity contribution in [1.82, 2.24) is 0 Å². The fourth-order valence-corrected chi connectivity index (χ4v) is 4.34. The molecule has 0 bridgehead atoms. The first-order valence-electron chi connectivity index (χ1n) is 5.40. The van der Waals surface area contributed by atoms with E-state index in [2.05, 4.69) is 0 Å². The van der Waals surface area contributed by atoms with Gasteiger partial charge in [-0.2, -0.15) is 0 Å². The number of allylic oxidation sites excluding steroid dienone is 8. The Bertz CT molecular complexity index is 465. The quantitative estimate of drug-likeness (QED) is 0.407. The Kier molecular flexibility index (Phi) is 7.34. The Morgan fingerprint density at radius 2 is 1.05 bits per heavy atom. The monoisotopic (exact) mass is 384 g/mol. The zero-order valence-corrected chi connectivity index (χ0v) is 13.3. The van der Waals surface area contributed by atoms with E-state index in [4.69, 9.17) is 0 Å². The van der Waals surface area contributed by atoms with E-state index in [1.807, 2.05) is 0 Å². The van der Waals surface area contributed by atoms with Crippen molar-refractivity contribution in [2.45, 2.75) is 25.2 Å². The molecule has 0 atom stereocenters. The Hall–Kier alpha value is -0.166. The SMILES string of the molecule is FC(F)(F)C1=[C]([Ti+2][C]2=C(C(F)(F)F)C=CC2)CC=C1.[Cl-].[Cl-]. The largest absolute Gasteiger partial charge is 1.00 e. The maximum atomic E-state index is 12.7. The Morgan fingerprint density at radius 1 is 0.714 bits per heavy atom. The first kappa shape index (κ1) is 20.8. The third kappa shape index (κ3) is 4.91. The van der Waals surface area contributed by atoms with Crippen LogP contribution in [0.15, 0.2) is 43.2 Å². The fourth-order valence-electron chi connectivity index (χ4n) is 1.96. The summed E-state index contributed by atoms with van der Waals surface area (Å²) in [6, 6.07) is 0. The van der Waals surface area contributed by atoms with Gasteiger partial charge in [0.15, 0.2) is 0 Å². The van der Waals surface area contributed by atoms with Crippen molar-refractivity contribution in [2.24, 2.45) is 0 Å². The third-order valence-electron chi connectivity index (χ3n) is 2.78. The molecule has 0 saturated carbocycles. The molecule has 0 heterocycles. The van der Waals surface area contributed by atoms with Gasteiger partial charge in [0.2, 0.25) is 0 Å². The van der Waals surface area contributed by atoms with E-state index in [0.717, 1.165) is 12.2 Å². The zero-order valence-electron chi connectivity index (χ0n) is 10.2. The summed E-state index contributed by atoms with van der Waals surface area (Å²) in [6.45, 7) is 0. The molecular weight excluding hydrogens is 377 g/mol. The topological polar surface area (TPSA) is 0 Å². The van der Waals surface area contributed by atoms with Crippen molar-refractivity contribution in [3.05, 3.63) is 43.2 Å². The van der Waals surface area contributed by atoms with Gasteiger partial charge >= 0.3 is 114 Å². The second-order valence-corrected chi connectivity index (χ2v) is 6.39. The Balaban J connectivity index is 0.00000200. The average molecular weight is 385 g/mol. The average Bonchev–Trinajstić information content (AvgIpc) is 2.83. The predicted octanol–water partition coefficient (Wildman–Crippen LogP) is -1.37. The molecule has 0 aromatic carbocycles. The van der Waals surface area contributed by atoms with Crippen molar-refractivity contribution in [3.63, 3.8) is 0 Å². The second kappa shape index (κ2) is 7.40. The van der Waals surface area contributed by atoms with E-state index in [1.54, 1.807) is 0 Å². The van der Waals surface area contributed by atoms with Crippen LogP contribution in [0.2, 0.25) is 0 Å². The van der Waals surface area contributed by atoms with Crippen LogP contribution in [-0.4, -0.2) is 12.4 Å². The molecule has 0 aliphatic heterocycles. The molecule has 0 fully saturated rings. The molecule has 116 valence electrons. The van der Waals surface area contributed by atoms with Gasteiger partial charge in [-0.15, -0.1) is 0 Å². The van der Waals surface area contributed by atoms with E-state index in [0.29, 0.717) is 0 Å². The number of hydrogen-bond acceptors (Lipinski definition) is 0. The van der Waals surface area contributed by atoms with Crippen LogP contribution in [0.4, 0.5) is 26.3 Å². The molecule has 9 heteroatoms. The molecular formula is C12H8Cl2F6Ti. The summed E-state index contributed by atoms with van der Waals surface area (Å²) in [5.41, 5.74) is -1.51. The molecule has 0 nitrogen and oxygen atoms in total. The minimum Gasteiger partial charge on any atom is -1.00 e. The van der Waals surface area contributed by atoms with E-state index in [9.17, 15) is 26.3 Å². The molecule has 0 radical (unpaired) electrons. The molecule has 0 unspecified atom stereocenters. The number of alkyl halides is 6. The van der Waals surface area contributed by atoms with Crippen LogP contribution in [0.5, 0.6) is 0 Å². The van der Waals surface area contributed by atoms with Crippen molar-refractivity contribution in [1.29, 1.82) is 0 Å². The maximum absolute atomic E-state index is 12.7. The van der Waals surface area contributed by atoms with Crippen LogP contribution in [0, 0.1) is 0 Å². The van der Waals surface area contributed by atoms with Crippen LogP contribution >= 0.6 is 0 Å². The van der Waals surface area contributed by atoms with Gasteiger partial charge < -0.3 is 24.8 Å². The molecule has 0 aromatic rings. The summed E-state index contributed by atoms with van der Waals surface area (Å²) in [4.78, 5) is 0. The van der Waals surface area contributed by atoms with Crippen molar-refractivity contribution >= 4 is 0 Å². The normalized spacial score (nSPS) is 17.8. The number of halogens is 8. The Labute approximate surface area is 138 Å². The molecule has 0 saturated heterocycles. The van der Waals surface area contributed by atoms with Gasteiger partial charge in [-0.3, -0.25) is 0 Å². The first-order chi connectivity index (χ1) is 8.69. The smallest absolute Gasteiger partial charge is 1.00 e. The van der Waals surface area contributed by atoms with Crippen molar-refractivity contribution in [2.75, 3.05) is 0 Å². The molecule has 2 aliphatic rings. The van der Waals surface area contributed by atoms with E-state index in [1.165, 1.54) is 12.2 Å². The van der Waals surface area contributed by atoms with E-state index >= 15 is 0 Å². The molecule has 2 aliphatic carbocycles. The predicted molar refractivity (Wildman–Crippen MR) is 53.7 cm³/mol. The number of hydrogen-bond donors (Lipinski definition) is 0. The van der Waals surface area contributed by atoms with Gasteiger partial charge in [0, 0.05) is 0 Å². The van der Waals surface area contributed by atoms with Crippen LogP contribution in [0.3, 0.4) is 0 Å². The maximum Gasteiger partial charge on any atom is -1.00 e. The second-order valence-electron chi connectivity index (χ2n) is 4.12. The zero-order chi connectivity index (χ0) is 14.3. The van der Waals surface area contributed by atoms with Crippen molar-refractivity contribution in [3.8, 4) is 0 Å². The molecule has 2 rings (SSSR count). The van der Waals surface area contributed by atoms with Gasteiger partial charge in [0.1, 0.15) is 0 Å². The van der Waals surface area contributed by atoms with Gasteiger partial charge in [0.25, 0.3) is 0 Å². The van der Waals surface area contributed by atoms with E-state index in [-0.39, 0.29) is 45.4 Å². The summed E-state index contributed by atoms with van der Waals surface area (Å²) in [5, 5.41) is 0. The third-order valence-corrected chi connectivity index (χ3v) is 5.20. The fraction of sp³-hybridized carbons (Fsp3) is 0.333. The van der Waals surface area contributed by atoms with Crippen LogP contribution in [0.25, 0.3) is 0 Å². The van der Waals surface area contributed by atoms with Gasteiger partial charge in [-0.25, -0.2) is 0 Å². The van der Waals surface area contributed by atoms with Crippen LogP contribution < -0.4 is 24.8 Å². The molecule has 21 heavy (non-hydrogen) atoms. The summed E-state index contributed by atoms with van der Waals surface area (Å²) in [6.07, 6.45) is -4.07. The minimum absolute atomic E-state index is 0. The van der Waals surface area contributed by atoms with Gasteiger partial charge in [-0.1, -0.05) is 0 Å². The van der Waals surface area contributed by atoms with Gasteiger partial charge in [-0.05, 0) is 0 Å². The summed E-state index contributed by atoms with van der Waals surface area (Å²) >= 11 is -1.55. The summed E-state index contributed by atoms with van der Waals surface area (Å²) in [5.74, 6) is 0. The summed E-state index contributed by atoms with van der Waals surface area (Å²) in [7, 11) is 0. The standard InChI is InChI=1S/2C6H4F3.2ClH.Ti/c2*7-6(8,9)5-3-1-2-4-5;;;/h2*1,3H,2H2;2*1H;/q;;;;+2/p-2. The molecule has 0 aromatic heterocycles. The van der Waals surface area contributed by atoms with Crippen LogP contribution in [-0.2, 0) is 19.2 Å². The summed E-state index contributed by atoms with van der Waals surface area (Å²) < 4.78 is 76.3. The molecule has 0 spiro atoms. The van der Waals surface area contributed by atoms with Gasteiger partial charge in [0.05, 0.1) is 0 Å². The first-order valence-corrected chi connectivity index (χ1v) is 6.96. The number of rotatable bonds is 2. The van der Waals surface area contributed by atoms with Crippen LogP contribution in [0.1, 0.15) is 12.8 Å². The molecule has 0 N–H and O–H groups in total. The van der Waals surface area contributed by atoms with Crippen molar-refractivity contribution < 1.29 is 70.3 Å². The van der Waals surface area contributed by atoms with E-state index < -0.39 is 42.7 Å².